The number of hydrogen-bond donors (Lipinski definition) is 0. The first-order chi connectivity index (χ1) is 21.0. The minimum absolute atomic E-state index is 0.0625. The fraction of sp³-hybridized carbons (Fsp3) is 0.143. The van der Waals surface area contributed by atoms with E-state index in [9.17, 15) is 4.79 Å². The van der Waals surface area contributed by atoms with Gasteiger partial charge in [-0.05, 0) is 93.6 Å². The van der Waals surface area contributed by atoms with E-state index in [1.807, 2.05) is 77.4 Å². The van der Waals surface area contributed by atoms with Crippen molar-refractivity contribution in [1.29, 1.82) is 0 Å². The van der Waals surface area contributed by atoms with E-state index < -0.39 is 0 Å². The number of benzene rings is 4. The van der Waals surface area contributed by atoms with Crippen LogP contribution in [-0.4, -0.2) is 11.7 Å². The maximum absolute atomic E-state index is 14.1. The van der Waals surface area contributed by atoms with Crippen molar-refractivity contribution in [3.05, 3.63) is 153 Å². The van der Waals surface area contributed by atoms with Gasteiger partial charge >= 0.3 is 0 Å². The molecule has 0 bridgehead atoms. The van der Waals surface area contributed by atoms with Crippen molar-refractivity contribution in [1.82, 2.24) is 4.57 Å². The third kappa shape index (κ3) is 5.34. The number of thiazole rings is 1. The standard InChI is InChI=1S/C35H26ClIN2O3S/c1-41-29-18-22(17-28(37)33(29)42-20-21-7-3-2-4-8-21)19-30-34(40)39-32(24-11-14-25(36)15-12-24)27-16-13-23-9-5-6-10-26(23)31(27)38-35(39)43-30/h2-12,14-15,17-19,32H,13,16,20H2,1H3/b30-19+/t32-/m0/s1. The number of rotatable bonds is 6. The summed E-state index contributed by atoms with van der Waals surface area (Å²) in [5.74, 6) is 1.30. The molecule has 0 amide bonds. The highest BCUT2D eigenvalue weighted by Crippen LogP contribution is 2.41. The number of allylic oxidation sites excluding steroid dienone is 1. The second-order valence-electron chi connectivity index (χ2n) is 10.5. The van der Waals surface area contributed by atoms with E-state index in [0.717, 1.165) is 49.9 Å². The van der Waals surface area contributed by atoms with Gasteiger partial charge < -0.3 is 9.47 Å². The highest BCUT2D eigenvalue weighted by molar-refractivity contribution is 14.1. The highest BCUT2D eigenvalue weighted by Gasteiger charge is 2.32. The SMILES string of the molecule is COc1cc(/C=c2/sc3n(c2=O)[C@@H](c2ccc(Cl)cc2)C2=C(N=3)c3ccccc3CC2)cc(I)c1OCc1ccccc1. The Labute approximate surface area is 271 Å². The van der Waals surface area contributed by atoms with Crippen molar-refractivity contribution in [3.8, 4) is 11.5 Å². The van der Waals surface area contributed by atoms with Crippen LogP contribution in [0.2, 0.25) is 5.02 Å². The third-order valence-corrected chi connectivity index (χ3v) is 9.87. The van der Waals surface area contributed by atoms with Crippen LogP contribution in [0, 0.1) is 3.57 Å². The Morgan fingerprint density at radius 1 is 1.02 bits per heavy atom. The smallest absolute Gasteiger partial charge is 0.271 e. The molecule has 0 saturated heterocycles. The Morgan fingerprint density at radius 3 is 2.58 bits per heavy atom. The average molecular weight is 717 g/mol. The summed E-state index contributed by atoms with van der Waals surface area (Å²) in [6.45, 7) is 0.434. The van der Waals surface area contributed by atoms with Crippen LogP contribution in [0.1, 0.15) is 40.3 Å². The van der Waals surface area contributed by atoms with Crippen molar-refractivity contribution < 1.29 is 9.47 Å². The van der Waals surface area contributed by atoms with Crippen LogP contribution in [0.3, 0.4) is 0 Å². The lowest BCUT2D eigenvalue weighted by atomic mass is 9.83. The lowest BCUT2D eigenvalue weighted by Gasteiger charge is -2.30. The van der Waals surface area contributed by atoms with Crippen molar-refractivity contribution in [2.24, 2.45) is 4.99 Å². The summed E-state index contributed by atoms with van der Waals surface area (Å²) in [5.41, 5.74) is 7.46. The van der Waals surface area contributed by atoms with Gasteiger partial charge in [0.25, 0.3) is 5.56 Å². The quantitative estimate of drug-likeness (QED) is 0.175. The molecule has 0 radical (unpaired) electrons. The van der Waals surface area contributed by atoms with Gasteiger partial charge in [-0.1, -0.05) is 89.7 Å². The molecule has 2 aliphatic rings. The molecule has 43 heavy (non-hydrogen) atoms. The van der Waals surface area contributed by atoms with E-state index in [1.54, 1.807) is 7.11 Å². The van der Waals surface area contributed by atoms with Gasteiger partial charge in [-0.15, -0.1) is 0 Å². The second-order valence-corrected chi connectivity index (χ2v) is 13.1. The van der Waals surface area contributed by atoms with Crippen molar-refractivity contribution in [2.45, 2.75) is 25.5 Å². The number of methoxy groups -OCH3 is 1. The zero-order valence-electron chi connectivity index (χ0n) is 23.2. The fourth-order valence-electron chi connectivity index (χ4n) is 5.81. The van der Waals surface area contributed by atoms with Gasteiger partial charge in [0.2, 0.25) is 0 Å². The van der Waals surface area contributed by atoms with Crippen molar-refractivity contribution in [3.63, 3.8) is 0 Å². The van der Waals surface area contributed by atoms with Crippen LogP contribution in [0.25, 0.3) is 11.8 Å². The van der Waals surface area contributed by atoms with Gasteiger partial charge in [-0.3, -0.25) is 9.36 Å². The molecule has 7 rings (SSSR count). The van der Waals surface area contributed by atoms with Crippen molar-refractivity contribution in [2.75, 3.05) is 7.11 Å². The van der Waals surface area contributed by atoms with Gasteiger partial charge in [-0.2, -0.15) is 0 Å². The first-order valence-corrected chi connectivity index (χ1v) is 16.2. The predicted molar refractivity (Wildman–Crippen MR) is 181 cm³/mol. The van der Waals surface area contributed by atoms with Gasteiger partial charge in [0.1, 0.15) is 6.61 Å². The second kappa shape index (κ2) is 11.8. The molecule has 4 aromatic carbocycles. The summed E-state index contributed by atoms with van der Waals surface area (Å²) >= 11 is 9.93. The van der Waals surface area contributed by atoms with Gasteiger partial charge in [0, 0.05) is 10.6 Å². The molecule has 2 heterocycles. The molecule has 0 unspecified atom stereocenters. The fourth-order valence-corrected chi connectivity index (χ4v) is 7.72. The lowest BCUT2D eigenvalue weighted by molar-refractivity contribution is 0.282. The maximum Gasteiger partial charge on any atom is 0.271 e. The average Bonchev–Trinajstić information content (AvgIpc) is 3.34. The number of hydrogen-bond acceptors (Lipinski definition) is 5. The zero-order valence-corrected chi connectivity index (χ0v) is 26.9. The van der Waals surface area contributed by atoms with E-state index in [-0.39, 0.29) is 11.6 Å². The number of aryl methyl sites for hydroxylation is 1. The number of halogens is 2. The molecule has 1 atom stereocenters. The Balaban J connectivity index is 1.34. The summed E-state index contributed by atoms with van der Waals surface area (Å²) in [7, 11) is 1.63. The minimum atomic E-state index is -0.248. The molecular formula is C35H26ClIN2O3S. The lowest BCUT2D eigenvalue weighted by Crippen LogP contribution is -2.38. The summed E-state index contributed by atoms with van der Waals surface area (Å²) in [4.78, 5) is 19.9. The van der Waals surface area contributed by atoms with Gasteiger partial charge in [0.15, 0.2) is 16.3 Å². The summed E-state index contributed by atoms with van der Waals surface area (Å²) in [6.07, 6.45) is 3.67. The van der Waals surface area contributed by atoms with E-state index in [1.165, 1.54) is 16.9 Å². The van der Waals surface area contributed by atoms with Crippen LogP contribution in [0.4, 0.5) is 0 Å². The van der Waals surface area contributed by atoms with E-state index in [4.69, 9.17) is 26.1 Å². The Bertz CT molecular complexity index is 2070. The Kier molecular flexibility index (Phi) is 7.71. The molecule has 0 N–H and O–H groups in total. The Morgan fingerprint density at radius 2 is 1.79 bits per heavy atom. The highest BCUT2D eigenvalue weighted by atomic mass is 127. The normalized spacial score (nSPS) is 15.8. The maximum atomic E-state index is 14.1. The zero-order chi connectivity index (χ0) is 29.5. The topological polar surface area (TPSA) is 52.8 Å². The van der Waals surface area contributed by atoms with E-state index >= 15 is 0 Å². The minimum Gasteiger partial charge on any atom is -0.493 e. The monoisotopic (exact) mass is 716 g/mol. The summed E-state index contributed by atoms with van der Waals surface area (Å²) in [6, 6.07) is 30.0. The molecular weight excluding hydrogens is 691 g/mol. The van der Waals surface area contributed by atoms with Crippen LogP contribution in [0.5, 0.6) is 11.5 Å². The number of ether oxygens (including phenoxy) is 2. The molecule has 0 fully saturated rings. The number of aromatic nitrogens is 1. The largest absolute Gasteiger partial charge is 0.493 e. The molecule has 1 aromatic heterocycles. The molecule has 0 spiro atoms. The van der Waals surface area contributed by atoms with Crippen LogP contribution in [0.15, 0.2) is 106 Å². The van der Waals surface area contributed by atoms with Crippen LogP contribution >= 0.6 is 45.5 Å². The Hall–Kier alpha value is -3.66. The molecule has 214 valence electrons. The first kappa shape index (κ1) is 28.1. The molecule has 0 saturated carbocycles. The molecule has 1 aliphatic carbocycles. The number of fused-ring (bicyclic) bond motifs is 3. The molecule has 5 aromatic rings. The number of nitrogens with zero attached hydrogens (tertiary/aromatic N) is 2. The van der Waals surface area contributed by atoms with Crippen LogP contribution < -0.4 is 24.4 Å². The van der Waals surface area contributed by atoms with Crippen molar-refractivity contribution >= 4 is 57.3 Å². The molecule has 1 aliphatic heterocycles. The summed E-state index contributed by atoms with van der Waals surface area (Å²) < 4.78 is 15.2. The molecule has 8 heteroatoms. The van der Waals surface area contributed by atoms with Gasteiger partial charge in [-0.25, -0.2) is 4.99 Å². The third-order valence-electron chi connectivity index (χ3n) is 7.83. The van der Waals surface area contributed by atoms with Crippen LogP contribution in [-0.2, 0) is 13.0 Å². The van der Waals surface area contributed by atoms with Gasteiger partial charge in [0.05, 0.1) is 27.0 Å². The van der Waals surface area contributed by atoms with E-state index in [2.05, 4.69) is 46.9 Å². The van der Waals surface area contributed by atoms with E-state index in [0.29, 0.717) is 32.5 Å². The predicted octanol–water partition coefficient (Wildman–Crippen LogP) is 7.16. The first-order valence-electron chi connectivity index (χ1n) is 13.9. The summed E-state index contributed by atoms with van der Waals surface area (Å²) in [5, 5.41) is 0.666. The molecule has 5 nitrogen and oxygen atoms in total.